The van der Waals surface area contributed by atoms with Crippen molar-refractivity contribution in [2.45, 2.75) is 46.5 Å². The van der Waals surface area contributed by atoms with Crippen molar-refractivity contribution >= 4 is 5.91 Å². The molecule has 1 saturated heterocycles. The van der Waals surface area contributed by atoms with Gasteiger partial charge < -0.3 is 13.8 Å². The van der Waals surface area contributed by atoms with Crippen LogP contribution in [0.25, 0.3) is 0 Å². The first-order chi connectivity index (χ1) is 10.5. The summed E-state index contributed by atoms with van der Waals surface area (Å²) in [4.78, 5) is 19.0. The van der Waals surface area contributed by atoms with Gasteiger partial charge in [-0.25, -0.2) is 0 Å². The van der Waals surface area contributed by atoms with Crippen molar-refractivity contribution in [2.75, 3.05) is 13.1 Å². The summed E-state index contributed by atoms with van der Waals surface area (Å²) in [7, 11) is 0. The first-order valence-corrected chi connectivity index (χ1v) is 7.63. The molecule has 1 fully saturated rings. The molecule has 2 aromatic rings. The third kappa shape index (κ3) is 2.53. The molecule has 3 heterocycles. The zero-order chi connectivity index (χ0) is 15.9. The molecule has 118 valence electrons. The van der Waals surface area contributed by atoms with Gasteiger partial charge in [0.25, 0.3) is 5.91 Å². The van der Waals surface area contributed by atoms with Crippen LogP contribution in [0.1, 0.15) is 57.9 Å². The van der Waals surface area contributed by atoms with Crippen LogP contribution in [0.2, 0.25) is 0 Å². The highest BCUT2D eigenvalue weighted by molar-refractivity contribution is 5.97. The summed E-state index contributed by atoms with van der Waals surface area (Å²) in [5, 5.41) is 4.00. The molecule has 1 amide bonds. The fourth-order valence-electron chi connectivity index (χ4n) is 3.12. The van der Waals surface area contributed by atoms with E-state index in [9.17, 15) is 4.79 Å². The van der Waals surface area contributed by atoms with E-state index in [1.165, 1.54) is 0 Å². The van der Waals surface area contributed by atoms with E-state index in [1.807, 2.05) is 25.7 Å². The molecule has 1 aliphatic heterocycles. The minimum absolute atomic E-state index is 0.0387. The average molecular weight is 303 g/mol. The molecule has 2 aromatic heterocycles. The molecule has 1 atom stereocenters. The standard InChI is InChI=1S/C16H21N3O3/c1-9-10(2)21-11(3)14(9)16(20)19-7-5-6-13(8-19)15-17-12(4)22-18-15/h13H,5-8H2,1-4H3/t13-/m0/s1. The molecular weight excluding hydrogens is 282 g/mol. The number of rotatable bonds is 2. The Morgan fingerprint density at radius 1 is 1.23 bits per heavy atom. The van der Waals surface area contributed by atoms with Crippen LogP contribution in [0, 0.1) is 27.7 Å². The average Bonchev–Trinajstić information content (AvgIpc) is 3.03. The number of hydrogen-bond donors (Lipinski definition) is 0. The SMILES string of the molecule is Cc1nc([C@H]2CCCN(C(=O)c3c(C)oc(C)c3C)C2)no1. The normalized spacial score (nSPS) is 18.7. The van der Waals surface area contributed by atoms with Crippen LogP contribution in [0.5, 0.6) is 0 Å². The molecule has 6 nitrogen and oxygen atoms in total. The highest BCUT2D eigenvalue weighted by atomic mass is 16.5. The van der Waals surface area contributed by atoms with Gasteiger partial charge in [-0.3, -0.25) is 4.79 Å². The molecule has 3 rings (SSSR count). The number of aromatic nitrogens is 2. The van der Waals surface area contributed by atoms with Crippen molar-refractivity contribution < 1.29 is 13.7 Å². The molecule has 6 heteroatoms. The molecule has 0 unspecified atom stereocenters. The number of piperidine rings is 1. The predicted molar refractivity (Wildman–Crippen MR) is 79.8 cm³/mol. The highest BCUT2D eigenvalue weighted by Gasteiger charge is 2.30. The third-order valence-corrected chi connectivity index (χ3v) is 4.39. The first-order valence-electron chi connectivity index (χ1n) is 7.63. The lowest BCUT2D eigenvalue weighted by Gasteiger charge is -2.31. The number of amides is 1. The van der Waals surface area contributed by atoms with Gasteiger partial charge in [-0.2, -0.15) is 4.98 Å². The lowest BCUT2D eigenvalue weighted by atomic mass is 9.96. The van der Waals surface area contributed by atoms with Gasteiger partial charge in [0.2, 0.25) is 5.89 Å². The number of furan rings is 1. The van der Waals surface area contributed by atoms with Gasteiger partial charge in [0.1, 0.15) is 11.5 Å². The molecule has 0 spiro atoms. The molecule has 0 saturated carbocycles. The van der Waals surface area contributed by atoms with Crippen molar-refractivity contribution in [1.82, 2.24) is 15.0 Å². The molecule has 22 heavy (non-hydrogen) atoms. The van der Waals surface area contributed by atoms with Crippen LogP contribution in [-0.2, 0) is 0 Å². The second-order valence-corrected chi connectivity index (χ2v) is 5.98. The second-order valence-electron chi connectivity index (χ2n) is 5.98. The van der Waals surface area contributed by atoms with E-state index in [0.29, 0.717) is 29.6 Å². The smallest absolute Gasteiger partial charge is 0.257 e. The summed E-state index contributed by atoms with van der Waals surface area (Å²) in [5.41, 5.74) is 1.63. The number of likely N-dealkylation sites (tertiary alicyclic amines) is 1. The number of hydrogen-bond acceptors (Lipinski definition) is 5. The van der Waals surface area contributed by atoms with Crippen molar-refractivity contribution in [3.8, 4) is 0 Å². The highest BCUT2D eigenvalue weighted by Crippen LogP contribution is 2.28. The number of carbonyl (C=O) groups is 1. The molecule has 1 aliphatic rings. The van der Waals surface area contributed by atoms with Gasteiger partial charge >= 0.3 is 0 Å². The van der Waals surface area contributed by atoms with E-state index < -0.39 is 0 Å². The van der Waals surface area contributed by atoms with E-state index in [0.717, 1.165) is 30.7 Å². The van der Waals surface area contributed by atoms with Crippen LogP contribution in [0.3, 0.4) is 0 Å². The summed E-state index contributed by atoms with van der Waals surface area (Å²) >= 11 is 0. The van der Waals surface area contributed by atoms with Crippen molar-refractivity contribution in [2.24, 2.45) is 0 Å². The lowest BCUT2D eigenvalue weighted by Crippen LogP contribution is -2.39. The summed E-state index contributed by atoms with van der Waals surface area (Å²) in [6.45, 7) is 8.83. The maximum absolute atomic E-state index is 12.8. The fourth-order valence-corrected chi connectivity index (χ4v) is 3.12. The van der Waals surface area contributed by atoms with Crippen LogP contribution >= 0.6 is 0 Å². The Labute approximate surface area is 129 Å². The predicted octanol–water partition coefficient (Wildman–Crippen LogP) is 2.92. The van der Waals surface area contributed by atoms with Gasteiger partial charge in [-0.1, -0.05) is 5.16 Å². The van der Waals surface area contributed by atoms with E-state index in [2.05, 4.69) is 10.1 Å². The summed E-state index contributed by atoms with van der Waals surface area (Å²) in [5.74, 6) is 2.95. The minimum Gasteiger partial charge on any atom is -0.466 e. The van der Waals surface area contributed by atoms with Crippen LogP contribution in [0.15, 0.2) is 8.94 Å². The Kier molecular flexibility index (Phi) is 3.76. The Balaban J connectivity index is 1.81. The zero-order valence-electron chi connectivity index (χ0n) is 13.5. The first kappa shape index (κ1) is 14.8. The molecule has 0 aliphatic carbocycles. The van der Waals surface area contributed by atoms with Crippen LogP contribution < -0.4 is 0 Å². The van der Waals surface area contributed by atoms with Gasteiger partial charge in [-0.15, -0.1) is 0 Å². The summed E-state index contributed by atoms with van der Waals surface area (Å²) < 4.78 is 10.6. The summed E-state index contributed by atoms with van der Waals surface area (Å²) in [6, 6.07) is 0. The minimum atomic E-state index is 0.0387. The number of carbonyl (C=O) groups excluding carboxylic acids is 1. The number of nitrogens with zero attached hydrogens (tertiary/aromatic N) is 3. The van der Waals surface area contributed by atoms with E-state index in [1.54, 1.807) is 6.92 Å². The number of aryl methyl sites for hydroxylation is 3. The molecule has 0 bridgehead atoms. The molecule has 0 N–H and O–H groups in total. The fraction of sp³-hybridized carbons (Fsp3) is 0.562. The maximum Gasteiger partial charge on any atom is 0.257 e. The maximum atomic E-state index is 12.8. The Morgan fingerprint density at radius 2 is 2.00 bits per heavy atom. The second kappa shape index (κ2) is 5.59. The van der Waals surface area contributed by atoms with E-state index >= 15 is 0 Å². The third-order valence-electron chi connectivity index (χ3n) is 4.39. The Bertz CT molecular complexity index is 702. The Hall–Kier alpha value is -2.11. The quantitative estimate of drug-likeness (QED) is 0.853. The molecule has 0 radical (unpaired) electrons. The monoisotopic (exact) mass is 303 g/mol. The van der Waals surface area contributed by atoms with Crippen molar-refractivity contribution in [3.05, 3.63) is 34.4 Å². The van der Waals surface area contributed by atoms with Crippen LogP contribution in [0.4, 0.5) is 0 Å². The van der Waals surface area contributed by atoms with Gasteiger partial charge in [0.05, 0.1) is 5.56 Å². The van der Waals surface area contributed by atoms with Gasteiger partial charge in [-0.05, 0) is 33.6 Å². The van der Waals surface area contributed by atoms with E-state index in [4.69, 9.17) is 8.94 Å². The van der Waals surface area contributed by atoms with Gasteiger partial charge in [0, 0.05) is 31.5 Å². The lowest BCUT2D eigenvalue weighted by molar-refractivity contribution is 0.0701. The largest absolute Gasteiger partial charge is 0.466 e. The topological polar surface area (TPSA) is 72.4 Å². The van der Waals surface area contributed by atoms with E-state index in [-0.39, 0.29) is 11.8 Å². The summed E-state index contributed by atoms with van der Waals surface area (Å²) in [6.07, 6.45) is 1.92. The zero-order valence-corrected chi connectivity index (χ0v) is 13.5. The molecular formula is C16H21N3O3. The van der Waals surface area contributed by atoms with Crippen LogP contribution in [-0.4, -0.2) is 34.0 Å². The van der Waals surface area contributed by atoms with Crippen molar-refractivity contribution in [1.29, 1.82) is 0 Å². The Morgan fingerprint density at radius 3 is 2.59 bits per heavy atom. The molecule has 0 aromatic carbocycles. The van der Waals surface area contributed by atoms with Gasteiger partial charge in [0.15, 0.2) is 5.82 Å². The van der Waals surface area contributed by atoms with Crippen molar-refractivity contribution in [3.63, 3.8) is 0 Å².